The summed E-state index contributed by atoms with van der Waals surface area (Å²) in [6, 6.07) is 18.2. The number of hydrogen-bond acceptors (Lipinski definition) is 4. The van der Waals surface area contributed by atoms with Crippen molar-refractivity contribution in [1.29, 1.82) is 5.26 Å². The van der Waals surface area contributed by atoms with Gasteiger partial charge in [-0.1, -0.05) is 18.2 Å². The molecule has 0 aliphatic carbocycles. The molecule has 0 radical (unpaired) electrons. The second-order valence-electron chi connectivity index (χ2n) is 6.33. The number of nitrogens with zero attached hydrogens (tertiary/aromatic N) is 3. The number of thioether (sulfide) groups is 1. The van der Waals surface area contributed by atoms with Crippen molar-refractivity contribution in [3.05, 3.63) is 59.7 Å². The summed E-state index contributed by atoms with van der Waals surface area (Å²) in [5.41, 5.74) is 5.17. The van der Waals surface area contributed by atoms with E-state index in [0.717, 1.165) is 43.0 Å². The zero-order valence-corrected chi connectivity index (χ0v) is 15.5. The van der Waals surface area contributed by atoms with Crippen LogP contribution in [0.15, 0.2) is 53.4 Å². The van der Waals surface area contributed by atoms with Gasteiger partial charge < -0.3 is 5.32 Å². The number of fused-ring (bicyclic) bond motifs is 1. The van der Waals surface area contributed by atoms with Crippen molar-refractivity contribution in [2.45, 2.75) is 24.2 Å². The van der Waals surface area contributed by atoms with Crippen molar-refractivity contribution in [2.75, 3.05) is 18.1 Å². The van der Waals surface area contributed by atoms with Crippen LogP contribution < -0.4 is 5.32 Å². The molecule has 0 atom stereocenters. The SMILES string of the molecule is CSc1ccccc1-c1nn(-c2ccc(C#N)cc2)c2c1CCCCN2. The highest BCUT2D eigenvalue weighted by atomic mass is 32.2. The van der Waals surface area contributed by atoms with E-state index in [-0.39, 0.29) is 0 Å². The predicted octanol–water partition coefficient (Wildman–Crippen LogP) is 4.88. The van der Waals surface area contributed by atoms with E-state index in [9.17, 15) is 0 Å². The third-order valence-corrected chi connectivity index (χ3v) is 5.53. The van der Waals surface area contributed by atoms with Gasteiger partial charge in [0, 0.05) is 22.6 Å². The Morgan fingerprint density at radius 2 is 1.92 bits per heavy atom. The van der Waals surface area contributed by atoms with E-state index >= 15 is 0 Å². The number of rotatable bonds is 3. The molecule has 26 heavy (non-hydrogen) atoms. The van der Waals surface area contributed by atoms with Crippen LogP contribution in [-0.4, -0.2) is 22.6 Å². The Bertz CT molecular complexity index is 967. The lowest BCUT2D eigenvalue weighted by Crippen LogP contribution is -2.07. The minimum absolute atomic E-state index is 0.660. The predicted molar refractivity (Wildman–Crippen MR) is 107 cm³/mol. The standard InChI is InChI=1S/C21H20N4S/c1-26-19-8-3-2-6-17(19)20-18-7-4-5-13-23-21(18)25(24-20)16-11-9-15(14-22)10-12-16/h2-3,6,8-12,23H,4-5,7,13H2,1H3. The molecule has 130 valence electrons. The first-order chi connectivity index (χ1) is 12.8. The number of anilines is 1. The second kappa shape index (κ2) is 7.27. The van der Waals surface area contributed by atoms with E-state index < -0.39 is 0 Å². The van der Waals surface area contributed by atoms with Crippen LogP contribution >= 0.6 is 11.8 Å². The highest BCUT2D eigenvalue weighted by molar-refractivity contribution is 7.98. The number of hydrogen-bond donors (Lipinski definition) is 1. The van der Waals surface area contributed by atoms with E-state index in [1.807, 2.05) is 28.9 Å². The molecule has 0 bridgehead atoms. The maximum absolute atomic E-state index is 9.05. The molecule has 1 aliphatic heterocycles. The quantitative estimate of drug-likeness (QED) is 0.676. The van der Waals surface area contributed by atoms with Gasteiger partial charge in [-0.3, -0.25) is 0 Å². The van der Waals surface area contributed by atoms with Crippen LogP contribution in [0.2, 0.25) is 0 Å². The van der Waals surface area contributed by atoms with Crippen molar-refractivity contribution in [3.8, 4) is 23.0 Å². The van der Waals surface area contributed by atoms with Crippen molar-refractivity contribution < 1.29 is 0 Å². The average Bonchev–Trinajstić information content (AvgIpc) is 2.88. The van der Waals surface area contributed by atoms with E-state index in [0.29, 0.717) is 5.56 Å². The lowest BCUT2D eigenvalue weighted by molar-refractivity contribution is 0.779. The van der Waals surface area contributed by atoms with Crippen molar-refractivity contribution >= 4 is 17.6 Å². The Kier molecular flexibility index (Phi) is 4.68. The van der Waals surface area contributed by atoms with Crippen LogP contribution in [0.3, 0.4) is 0 Å². The molecular weight excluding hydrogens is 340 g/mol. The molecule has 0 saturated carbocycles. The number of nitrogens with one attached hydrogen (secondary N) is 1. The number of nitriles is 1. The first-order valence-electron chi connectivity index (χ1n) is 8.81. The summed E-state index contributed by atoms with van der Waals surface area (Å²) in [6.07, 6.45) is 5.45. The van der Waals surface area contributed by atoms with E-state index in [1.54, 1.807) is 11.8 Å². The van der Waals surface area contributed by atoms with Gasteiger partial charge in [-0.2, -0.15) is 10.4 Å². The third-order valence-electron chi connectivity index (χ3n) is 4.73. The monoisotopic (exact) mass is 360 g/mol. The lowest BCUT2D eigenvalue weighted by atomic mass is 10.0. The minimum atomic E-state index is 0.660. The molecule has 2 heterocycles. The van der Waals surface area contributed by atoms with Gasteiger partial charge >= 0.3 is 0 Å². The third kappa shape index (κ3) is 2.97. The Balaban J connectivity index is 1.90. The molecule has 1 N–H and O–H groups in total. The van der Waals surface area contributed by atoms with Crippen LogP contribution in [0, 0.1) is 11.3 Å². The van der Waals surface area contributed by atoms with Crippen LogP contribution in [-0.2, 0) is 6.42 Å². The minimum Gasteiger partial charge on any atom is -0.370 e. The zero-order valence-electron chi connectivity index (χ0n) is 14.7. The molecule has 0 unspecified atom stereocenters. The summed E-state index contributed by atoms with van der Waals surface area (Å²) in [7, 11) is 0. The normalized spacial score (nSPS) is 13.4. The smallest absolute Gasteiger partial charge is 0.133 e. The molecule has 0 spiro atoms. The maximum Gasteiger partial charge on any atom is 0.133 e. The topological polar surface area (TPSA) is 53.6 Å². The highest BCUT2D eigenvalue weighted by Crippen LogP contribution is 2.37. The van der Waals surface area contributed by atoms with E-state index in [4.69, 9.17) is 10.4 Å². The van der Waals surface area contributed by atoms with Crippen LogP contribution in [0.25, 0.3) is 16.9 Å². The first kappa shape index (κ1) is 16.7. The van der Waals surface area contributed by atoms with Crippen molar-refractivity contribution in [3.63, 3.8) is 0 Å². The average molecular weight is 360 g/mol. The molecule has 5 heteroatoms. The van der Waals surface area contributed by atoms with Crippen LogP contribution in [0.1, 0.15) is 24.0 Å². The molecule has 4 nitrogen and oxygen atoms in total. The van der Waals surface area contributed by atoms with Gasteiger partial charge in [-0.05, 0) is 55.9 Å². The van der Waals surface area contributed by atoms with Crippen molar-refractivity contribution in [2.24, 2.45) is 0 Å². The van der Waals surface area contributed by atoms with Gasteiger partial charge in [0.05, 0.1) is 23.0 Å². The summed E-state index contributed by atoms with van der Waals surface area (Å²) in [6.45, 7) is 0.957. The fourth-order valence-electron chi connectivity index (χ4n) is 3.42. The molecule has 1 aliphatic rings. The second-order valence-corrected chi connectivity index (χ2v) is 7.18. The summed E-state index contributed by atoms with van der Waals surface area (Å²) in [5, 5.41) is 17.6. The Labute approximate surface area is 157 Å². The lowest BCUT2D eigenvalue weighted by Gasteiger charge is -2.09. The molecule has 0 amide bonds. The zero-order chi connectivity index (χ0) is 17.9. The molecular formula is C21H20N4S. The molecule has 0 fully saturated rings. The number of aromatic nitrogens is 2. The van der Waals surface area contributed by atoms with Gasteiger partial charge in [0.25, 0.3) is 0 Å². The van der Waals surface area contributed by atoms with Gasteiger partial charge in [-0.15, -0.1) is 11.8 Å². The fraction of sp³-hybridized carbons (Fsp3) is 0.238. The fourth-order valence-corrected chi connectivity index (χ4v) is 4.02. The molecule has 0 saturated heterocycles. The summed E-state index contributed by atoms with van der Waals surface area (Å²) >= 11 is 1.75. The largest absolute Gasteiger partial charge is 0.370 e. The maximum atomic E-state index is 9.05. The van der Waals surface area contributed by atoms with Crippen LogP contribution in [0.5, 0.6) is 0 Å². The van der Waals surface area contributed by atoms with E-state index in [2.05, 4.69) is 41.9 Å². The van der Waals surface area contributed by atoms with Gasteiger partial charge in [0.15, 0.2) is 0 Å². The van der Waals surface area contributed by atoms with Gasteiger partial charge in [0.1, 0.15) is 5.82 Å². The Morgan fingerprint density at radius 1 is 1.12 bits per heavy atom. The molecule has 4 rings (SSSR count). The van der Waals surface area contributed by atoms with Gasteiger partial charge in [-0.25, -0.2) is 4.68 Å². The molecule has 2 aromatic carbocycles. The Hall–Kier alpha value is -2.71. The summed E-state index contributed by atoms with van der Waals surface area (Å²) in [5.74, 6) is 1.08. The number of benzene rings is 2. The summed E-state index contributed by atoms with van der Waals surface area (Å²) < 4.78 is 1.99. The molecule has 1 aromatic heterocycles. The summed E-state index contributed by atoms with van der Waals surface area (Å²) in [4.78, 5) is 1.24. The Morgan fingerprint density at radius 3 is 2.69 bits per heavy atom. The first-order valence-corrected chi connectivity index (χ1v) is 10.0. The van der Waals surface area contributed by atoms with Gasteiger partial charge in [0.2, 0.25) is 0 Å². The van der Waals surface area contributed by atoms with Crippen LogP contribution in [0.4, 0.5) is 5.82 Å². The van der Waals surface area contributed by atoms with Crippen molar-refractivity contribution in [1.82, 2.24) is 9.78 Å². The van der Waals surface area contributed by atoms with E-state index in [1.165, 1.54) is 16.0 Å². The molecule has 3 aromatic rings. The highest BCUT2D eigenvalue weighted by Gasteiger charge is 2.22.